The second-order valence-corrected chi connectivity index (χ2v) is 8.66. The molecular weight excluding hydrogens is 408 g/mol. The summed E-state index contributed by atoms with van der Waals surface area (Å²) >= 11 is 1.46. The number of aromatic nitrogens is 2. The average molecular weight is 435 g/mol. The number of fused-ring (bicyclic) bond motifs is 1. The highest BCUT2D eigenvalue weighted by atomic mass is 32.1. The molecule has 0 fully saturated rings. The Morgan fingerprint density at radius 3 is 2.90 bits per heavy atom. The smallest absolute Gasteiger partial charge is 0.390 e. The third-order valence-electron chi connectivity index (χ3n) is 5.17. The second-order valence-electron chi connectivity index (χ2n) is 7.55. The van der Waals surface area contributed by atoms with Gasteiger partial charge in [0, 0.05) is 11.3 Å². The Labute approximate surface area is 178 Å². The van der Waals surface area contributed by atoms with E-state index < -0.39 is 4.92 Å². The lowest BCUT2D eigenvalue weighted by atomic mass is 9.88. The Balaban J connectivity index is 1.66. The summed E-state index contributed by atoms with van der Waals surface area (Å²) in [6.45, 7) is 6.37. The largest absolute Gasteiger partial charge is 0.462 e. The molecule has 1 aliphatic carbocycles. The lowest BCUT2D eigenvalue weighted by Crippen LogP contribution is -2.17. The number of ether oxygens (including phenoxy) is 1. The molecule has 9 nitrogen and oxygen atoms in total. The van der Waals surface area contributed by atoms with Gasteiger partial charge in [-0.05, 0) is 55.9 Å². The molecule has 162 valence electrons. The van der Waals surface area contributed by atoms with Gasteiger partial charge in [-0.25, -0.2) is 4.79 Å². The number of nitrogens with one attached hydrogen (secondary N) is 1. The highest BCUT2D eigenvalue weighted by Crippen LogP contribution is 2.40. The van der Waals surface area contributed by atoms with Crippen LogP contribution in [0, 0.1) is 23.0 Å². The van der Waals surface area contributed by atoms with E-state index in [2.05, 4.69) is 17.3 Å². The molecule has 3 rings (SSSR count). The first-order chi connectivity index (χ1) is 14.3. The zero-order chi connectivity index (χ0) is 21.8. The van der Waals surface area contributed by atoms with Crippen LogP contribution in [0.2, 0.25) is 0 Å². The Bertz CT molecular complexity index is 965. The minimum Gasteiger partial charge on any atom is -0.462 e. The van der Waals surface area contributed by atoms with Crippen molar-refractivity contribution in [1.29, 1.82) is 0 Å². The summed E-state index contributed by atoms with van der Waals surface area (Å²) in [6, 6.07) is 1.41. The average Bonchev–Trinajstić information content (AvgIpc) is 3.21. The van der Waals surface area contributed by atoms with Crippen molar-refractivity contribution in [2.45, 2.75) is 59.4 Å². The Morgan fingerprint density at radius 1 is 1.47 bits per heavy atom. The van der Waals surface area contributed by atoms with Crippen molar-refractivity contribution < 1.29 is 19.2 Å². The summed E-state index contributed by atoms with van der Waals surface area (Å²) < 4.78 is 6.75. The molecule has 1 aliphatic rings. The van der Waals surface area contributed by atoms with Crippen LogP contribution in [0.15, 0.2) is 6.07 Å². The molecule has 0 unspecified atom stereocenters. The molecule has 0 saturated carbocycles. The Hall–Kier alpha value is -2.75. The fourth-order valence-corrected chi connectivity index (χ4v) is 5.06. The van der Waals surface area contributed by atoms with E-state index in [1.807, 2.05) is 0 Å². The molecule has 2 heterocycles. The number of carbonyl (C=O) groups is 2. The van der Waals surface area contributed by atoms with Crippen LogP contribution in [0.1, 0.15) is 59.6 Å². The number of nitro groups is 1. The highest BCUT2D eigenvalue weighted by molar-refractivity contribution is 7.17. The highest BCUT2D eigenvalue weighted by Gasteiger charge is 2.29. The molecule has 0 bridgehead atoms. The van der Waals surface area contributed by atoms with Gasteiger partial charge >= 0.3 is 11.8 Å². The number of nitrogens with zero attached hydrogens (tertiary/aromatic N) is 3. The van der Waals surface area contributed by atoms with E-state index in [4.69, 9.17) is 4.74 Å². The van der Waals surface area contributed by atoms with E-state index in [9.17, 15) is 19.7 Å². The van der Waals surface area contributed by atoms with Gasteiger partial charge < -0.3 is 20.2 Å². The molecule has 1 amide bonds. The molecule has 10 heteroatoms. The Kier molecular flexibility index (Phi) is 6.86. The van der Waals surface area contributed by atoms with Crippen LogP contribution in [-0.2, 0) is 28.9 Å². The van der Waals surface area contributed by atoms with E-state index >= 15 is 0 Å². The van der Waals surface area contributed by atoms with Crippen molar-refractivity contribution in [1.82, 2.24) is 9.78 Å². The minimum absolute atomic E-state index is 0.200. The van der Waals surface area contributed by atoms with Gasteiger partial charge in [0.05, 0.1) is 35.6 Å². The monoisotopic (exact) mass is 434 g/mol. The summed E-state index contributed by atoms with van der Waals surface area (Å²) in [6.07, 6.45) is 3.42. The molecule has 30 heavy (non-hydrogen) atoms. The van der Waals surface area contributed by atoms with Gasteiger partial charge in [-0.15, -0.1) is 11.3 Å². The van der Waals surface area contributed by atoms with E-state index in [0.29, 0.717) is 35.1 Å². The molecular formula is C20H26N4O5S. The van der Waals surface area contributed by atoms with Gasteiger partial charge in [0.25, 0.3) is 0 Å². The molecule has 0 aromatic carbocycles. The van der Waals surface area contributed by atoms with Crippen LogP contribution in [0.25, 0.3) is 0 Å². The maximum atomic E-state index is 12.5. The molecule has 1 N–H and O–H groups in total. The maximum absolute atomic E-state index is 12.5. The molecule has 0 radical (unpaired) electrons. The third-order valence-corrected chi connectivity index (χ3v) is 6.34. The zero-order valence-electron chi connectivity index (χ0n) is 17.4. The van der Waals surface area contributed by atoms with Gasteiger partial charge in [0.15, 0.2) is 0 Å². The zero-order valence-corrected chi connectivity index (χ0v) is 18.2. The van der Waals surface area contributed by atoms with E-state index in [1.54, 1.807) is 13.8 Å². The molecule has 2 aromatic rings. The lowest BCUT2D eigenvalue weighted by molar-refractivity contribution is -0.389. The summed E-state index contributed by atoms with van der Waals surface area (Å²) in [5.74, 6) is -0.239. The normalized spacial score (nSPS) is 15.5. The summed E-state index contributed by atoms with van der Waals surface area (Å²) in [4.78, 5) is 36.5. The topological polar surface area (TPSA) is 116 Å². The predicted octanol–water partition coefficient (Wildman–Crippen LogP) is 3.88. The molecule has 0 spiro atoms. The molecule has 0 aliphatic heterocycles. The van der Waals surface area contributed by atoms with Gasteiger partial charge in [0.1, 0.15) is 5.00 Å². The van der Waals surface area contributed by atoms with Gasteiger partial charge in [0.2, 0.25) is 5.91 Å². The first-order valence-electron chi connectivity index (χ1n) is 10.1. The third kappa shape index (κ3) is 4.86. The van der Waals surface area contributed by atoms with E-state index in [1.165, 1.54) is 22.1 Å². The van der Waals surface area contributed by atoms with Gasteiger partial charge in [-0.1, -0.05) is 6.92 Å². The molecule has 0 saturated heterocycles. The first-order valence-corrected chi connectivity index (χ1v) is 10.9. The van der Waals surface area contributed by atoms with Gasteiger partial charge in [-0.3, -0.25) is 4.79 Å². The quantitative estimate of drug-likeness (QED) is 0.383. The first kappa shape index (κ1) is 21.9. The van der Waals surface area contributed by atoms with Crippen molar-refractivity contribution in [2.24, 2.45) is 5.92 Å². The fourth-order valence-electron chi connectivity index (χ4n) is 3.64. The van der Waals surface area contributed by atoms with Crippen LogP contribution >= 0.6 is 11.3 Å². The van der Waals surface area contributed by atoms with Crippen LogP contribution in [0.3, 0.4) is 0 Å². The Morgan fingerprint density at radius 2 is 2.23 bits per heavy atom. The minimum atomic E-state index is -0.535. The van der Waals surface area contributed by atoms with Crippen LogP contribution in [0.5, 0.6) is 0 Å². The van der Waals surface area contributed by atoms with Crippen LogP contribution in [-0.4, -0.2) is 33.2 Å². The number of carbonyl (C=O) groups excluding carboxylic acids is 2. The lowest BCUT2D eigenvalue weighted by Gasteiger charge is -2.18. The number of anilines is 1. The second kappa shape index (κ2) is 9.38. The van der Waals surface area contributed by atoms with Crippen LogP contribution in [0.4, 0.5) is 10.8 Å². The number of esters is 1. The summed E-state index contributed by atoms with van der Waals surface area (Å²) in [5.41, 5.74) is 2.17. The van der Waals surface area contributed by atoms with Crippen molar-refractivity contribution in [2.75, 3.05) is 11.9 Å². The van der Waals surface area contributed by atoms with Crippen molar-refractivity contribution in [3.8, 4) is 0 Å². The number of amides is 1. The van der Waals surface area contributed by atoms with E-state index in [-0.39, 0.29) is 30.7 Å². The summed E-state index contributed by atoms with van der Waals surface area (Å²) in [5, 5.41) is 18.2. The number of aryl methyl sites for hydroxylation is 2. The molecule has 1 atom stereocenters. The maximum Gasteiger partial charge on any atom is 0.390 e. The fraction of sp³-hybridized carbons (Fsp3) is 0.550. The van der Waals surface area contributed by atoms with E-state index in [0.717, 1.165) is 29.7 Å². The van der Waals surface area contributed by atoms with Gasteiger partial charge in [-0.2, -0.15) is 4.68 Å². The number of rotatable bonds is 8. The number of thiophene rings is 1. The number of hydrogen-bond acceptors (Lipinski definition) is 7. The number of hydrogen-bond donors (Lipinski definition) is 1. The summed E-state index contributed by atoms with van der Waals surface area (Å²) in [7, 11) is 0. The standard InChI is InChI=1S/C20H26N4O5S/c1-4-29-20(26)18-14-8-7-12(2)10-15(14)30-19(18)21-17(25)6-5-9-23-13(3)11-16(22-23)24(27)28/h11-12H,4-10H2,1-3H3,(H,21,25)/t12-/m0/s1. The van der Waals surface area contributed by atoms with Crippen molar-refractivity contribution >= 4 is 34.0 Å². The predicted molar refractivity (Wildman–Crippen MR) is 113 cm³/mol. The van der Waals surface area contributed by atoms with Crippen LogP contribution < -0.4 is 5.32 Å². The van der Waals surface area contributed by atoms with Crippen molar-refractivity contribution in [3.63, 3.8) is 0 Å². The SMILES string of the molecule is CCOC(=O)c1c(NC(=O)CCCn2nc([N+](=O)[O-])cc2C)sc2c1CC[C@H](C)C2. The van der Waals surface area contributed by atoms with Crippen molar-refractivity contribution in [3.05, 3.63) is 37.9 Å². The molecule has 2 aromatic heterocycles.